The van der Waals surface area contributed by atoms with Gasteiger partial charge in [0.15, 0.2) is 0 Å². The van der Waals surface area contributed by atoms with Crippen LogP contribution in [0.25, 0.3) is 0 Å². The average molecular weight is 228 g/mol. The van der Waals surface area contributed by atoms with Crippen LogP contribution in [0.5, 0.6) is 0 Å². The summed E-state index contributed by atoms with van der Waals surface area (Å²) in [4.78, 5) is 26.2. The van der Waals surface area contributed by atoms with Crippen molar-refractivity contribution in [3.05, 3.63) is 0 Å². The Morgan fingerprint density at radius 1 is 1.31 bits per heavy atom. The highest BCUT2D eigenvalue weighted by molar-refractivity contribution is 5.81. The predicted molar refractivity (Wildman–Crippen MR) is 60.2 cm³/mol. The molecule has 0 aromatic heterocycles. The zero-order chi connectivity index (χ0) is 12.1. The standard InChI is InChI=1S/C11H20N2O3/c1-9-8-12(2)6-3-7-13(9)10(14)4-5-11(15)16/h9H,3-8H2,1-2H3,(H,15,16). The highest BCUT2D eigenvalue weighted by atomic mass is 16.4. The number of carbonyl (C=O) groups excluding carboxylic acids is 1. The highest BCUT2D eigenvalue weighted by Crippen LogP contribution is 2.10. The lowest BCUT2D eigenvalue weighted by Gasteiger charge is -2.27. The van der Waals surface area contributed by atoms with Crippen molar-refractivity contribution in [3.8, 4) is 0 Å². The summed E-state index contributed by atoms with van der Waals surface area (Å²) in [5, 5.41) is 8.55. The summed E-state index contributed by atoms with van der Waals surface area (Å²) < 4.78 is 0. The lowest BCUT2D eigenvalue weighted by Crippen LogP contribution is -2.42. The van der Waals surface area contributed by atoms with Crippen molar-refractivity contribution in [2.75, 3.05) is 26.7 Å². The van der Waals surface area contributed by atoms with E-state index >= 15 is 0 Å². The Morgan fingerprint density at radius 3 is 2.62 bits per heavy atom. The fourth-order valence-electron chi connectivity index (χ4n) is 2.10. The smallest absolute Gasteiger partial charge is 0.303 e. The zero-order valence-electron chi connectivity index (χ0n) is 9.98. The van der Waals surface area contributed by atoms with Gasteiger partial charge in [-0.2, -0.15) is 0 Å². The third kappa shape index (κ3) is 3.81. The lowest BCUT2D eigenvalue weighted by atomic mass is 10.2. The number of hydrogen-bond donors (Lipinski definition) is 1. The highest BCUT2D eigenvalue weighted by Gasteiger charge is 2.23. The Labute approximate surface area is 96.0 Å². The summed E-state index contributed by atoms with van der Waals surface area (Å²) in [6.07, 6.45) is 1.00. The number of carboxylic acid groups (broad SMARTS) is 1. The van der Waals surface area contributed by atoms with E-state index in [9.17, 15) is 9.59 Å². The first-order chi connectivity index (χ1) is 7.50. The third-order valence-electron chi connectivity index (χ3n) is 2.92. The van der Waals surface area contributed by atoms with Crippen LogP contribution in [0.4, 0.5) is 0 Å². The molecule has 1 heterocycles. The van der Waals surface area contributed by atoms with E-state index in [4.69, 9.17) is 5.11 Å². The van der Waals surface area contributed by atoms with Gasteiger partial charge in [0, 0.05) is 25.6 Å². The Kier molecular flexibility index (Phi) is 4.73. The van der Waals surface area contributed by atoms with E-state index in [0.29, 0.717) is 0 Å². The van der Waals surface area contributed by atoms with E-state index in [0.717, 1.165) is 26.1 Å². The fraction of sp³-hybridized carbons (Fsp3) is 0.818. The number of nitrogens with zero attached hydrogens (tertiary/aromatic N) is 2. The van der Waals surface area contributed by atoms with Crippen molar-refractivity contribution in [1.82, 2.24) is 9.80 Å². The van der Waals surface area contributed by atoms with Gasteiger partial charge in [-0.05, 0) is 26.9 Å². The monoisotopic (exact) mass is 228 g/mol. The number of aliphatic carboxylic acids is 1. The van der Waals surface area contributed by atoms with Crippen molar-refractivity contribution in [2.45, 2.75) is 32.2 Å². The van der Waals surface area contributed by atoms with Gasteiger partial charge >= 0.3 is 5.97 Å². The fourth-order valence-corrected chi connectivity index (χ4v) is 2.10. The normalized spacial score (nSPS) is 22.9. The average Bonchev–Trinajstić information content (AvgIpc) is 2.35. The van der Waals surface area contributed by atoms with Crippen LogP contribution in [0.2, 0.25) is 0 Å². The molecule has 5 heteroatoms. The molecule has 1 amide bonds. The molecule has 0 saturated carbocycles. The van der Waals surface area contributed by atoms with Crippen LogP contribution in [0, 0.1) is 0 Å². The first-order valence-corrected chi connectivity index (χ1v) is 5.70. The summed E-state index contributed by atoms with van der Waals surface area (Å²) >= 11 is 0. The second kappa shape index (κ2) is 5.84. The molecule has 0 radical (unpaired) electrons. The van der Waals surface area contributed by atoms with Gasteiger partial charge in [-0.1, -0.05) is 0 Å². The quantitative estimate of drug-likeness (QED) is 0.759. The summed E-state index contributed by atoms with van der Waals surface area (Å²) in [6, 6.07) is 0.175. The van der Waals surface area contributed by atoms with E-state index in [1.807, 2.05) is 18.9 Å². The van der Waals surface area contributed by atoms with E-state index in [-0.39, 0.29) is 24.8 Å². The predicted octanol–water partition coefficient (Wildman–Crippen LogP) is 0.404. The second-order valence-electron chi connectivity index (χ2n) is 4.45. The third-order valence-corrected chi connectivity index (χ3v) is 2.92. The van der Waals surface area contributed by atoms with Crippen LogP contribution in [0.1, 0.15) is 26.2 Å². The molecular weight excluding hydrogens is 208 g/mol. The molecule has 5 nitrogen and oxygen atoms in total. The Balaban J connectivity index is 2.50. The van der Waals surface area contributed by atoms with Crippen LogP contribution in [-0.4, -0.2) is 59.5 Å². The van der Waals surface area contributed by atoms with Crippen molar-refractivity contribution in [2.24, 2.45) is 0 Å². The molecule has 1 N–H and O–H groups in total. The van der Waals surface area contributed by atoms with E-state index in [1.54, 1.807) is 0 Å². The minimum Gasteiger partial charge on any atom is -0.481 e. The van der Waals surface area contributed by atoms with Gasteiger partial charge in [0.2, 0.25) is 5.91 Å². The van der Waals surface area contributed by atoms with Gasteiger partial charge in [0.05, 0.1) is 6.42 Å². The summed E-state index contributed by atoms with van der Waals surface area (Å²) in [5.74, 6) is -0.946. The minimum absolute atomic E-state index is 0.0369. The van der Waals surface area contributed by atoms with Gasteiger partial charge in [-0.15, -0.1) is 0 Å². The van der Waals surface area contributed by atoms with Crippen molar-refractivity contribution in [3.63, 3.8) is 0 Å². The van der Waals surface area contributed by atoms with Gasteiger partial charge < -0.3 is 14.9 Å². The lowest BCUT2D eigenvalue weighted by molar-refractivity contribution is -0.141. The van der Waals surface area contributed by atoms with E-state index < -0.39 is 5.97 Å². The minimum atomic E-state index is -0.909. The summed E-state index contributed by atoms with van der Waals surface area (Å²) in [5.41, 5.74) is 0. The molecule has 0 bridgehead atoms. The molecular formula is C11H20N2O3. The maximum absolute atomic E-state index is 11.8. The molecule has 0 aromatic rings. The van der Waals surface area contributed by atoms with Gasteiger partial charge in [-0.3, -0.25) is 9.59 Å². The topological polar surface area (TPSA) is 60.9 Å². The van der Waals surface area contributed by atoms with E-state index in [1.165, 1.54) is 0 Å². The second-order valence-corrected chi connectivity index (χ2v) is 4.45. The van der Waals surface area contributed by atoms with Gasteiger partial charge in [0.25, 0.3) is 0 Å². The molecule has 92 valence electrons. The van der Waals surface area contributed by atoms with Gasteiger partial charge in [0.1, 0.15) is 0 Å². The largest absolute Gasteiger partial charge is 0.481 e. The van der Waals surface area contributed by atoms with Crippen LogP contribution in [-0.2, 0) is 9.59 Å². The maximum Gasteiger partial charge on any atom is 0.303 e. The molecule has 1 rings (SSSR count). The Morgan fingerprint density at radius 2 is 2.00 bits per heavy atom. The van der Waals surface area contributed by atoms with Crippen LogP contribution >= 0.6 is 0 Å². The zero-order valence-corrected chi connectivity index (χ0v) is 9.98. The van der Waals surface area contributed by atoms with Crippen LogP contribution < -0.4 is 0 Å². The van der Waals surface area contributed by atoms with Crippen LogP contribution in [0.15, 0.2) is 0 Å². The molecule has 1 unspecified atom stereocenters. The number of hydrogen-bond acceptors (Lipinski definition) is 3. The van der Waals surface area contributed by atoms with Crippen LogP contribution in [0.3, 0.4) is 0 Å². The molecule has 1 atom stereocenters. The van der Waals surface area contributed by atoms with Crippen molar-refractivity contribution < 1.29 is 14.7 Å². The molecule has 0 aliphatic carbocycles. The number of likely N-dealkylation sites (N-methyl/N-ethyl adjacent to an activating group) is 1. The Hall–Kier alpha value is -1.10. The number of rotatable bonds is 3. The first kappa shape index (κ1) is 13.0. The number of carbonyl (C=O) groups is 2. The molecule has 1 aliphatic rings. The Bertz CT molecular complexity index is 268. The summed E-state index contributed by atoms with van der Waals surface area (Å²) in [6.45, 7) is 4.61. The molecule has 1 fully saturated rings. The number of amides is 1. The molecule has 1 aliphatic heterocycles. The molecule has 1 saturated heterocycles. The van der Waals surface area contributed by atoms with Crippen molar-refractivity contribution in [1.29, 1.82) is 0 Å². The van der Waals surface area contributed by atoms with Gasteiger partial charge in [-0.25, -0.2) is 0 Å². The molecule has 16 heavy (non-hydrogen) atoms. The van der Waals surface area contributed by atoms with Crippen molar-refractivity contribution >= 4 is 11.9 Å². The molecule has 0 spiro atoms. The molecule has 0 aromatic carbocycles. The SMILES string of the molecule is CC1CN(C)CCCN1C(=O)CCC(=O)O. The maximum atomic E-state index is 11.8. The van der Waals surface area contributed by atoms with E-state index in [2.05, 4.69) is 4.90 Å². The summed E-state index contributed by atoms with van der Waals surface area (Å²) in [7, 11) is 2.04. The number of carboxylic acids is 1. The first-order valence-electron chi connectivity index (χ1n) is 5.70.